The van der Waals surface area contributed by atoms with Crippen LogP contribution >= 0.6 is 0 Å². The first kappa shape index (κ1) is 17.7. The van der Waals surface area contributed by atoms with E-state index in [1.165, 1.54) is 51.0 Å². The molecule has 114 valence electrons. The van der Waals surface area contributed by atoms with E-state index in [1.807, 2.05) is 12.1 Å². The molecule has 0 atom stereocenters. The molecule has 23 heavy (non-hydrogen) atoms. The molecular weight excluding hydrogens is 443 g/mol. The molecule has 0 N–H and O–H groups in total. The van der Waals surface area contributed by atoms with E-state index in [0.29, 0.717) is 0 Å². The Morgan fingerprint density at radius 2 is 1.30 bits per heavy atom. The van der Waals surface area contributed by atoms with Gasteiger partial charge in [0.05, 0.1) is 0 Å². The predicted molar refractivity (Wildman–Crippen MR) is 100 cm³/mol. The number of fused-ring (bicyclic) bond motifs is 3. The second-order valence-electron chi connectivity index (χ2n) is 5.78. The normalized spacial score (nSPS) is 9.78. The summed E-state index contributed by atoms with van der Waals surface area (Å²) in [5.41, 5.74) is 1.34. The first-order valence-electron chi connectivity index (χ1n) is 7.81. The van der Waals surface area contributed by atoms with E-state index in [2.05, 4.69) is 87.5 Å². The quantitative estimate of drug-likeness (QED) is 0.215. The molecule has 0 spiro atoms. The molecule has 0 aliphatic heterocycles. The van der Waals surface area contributed by atoms with Gasteiger partial charge in [-0.3, -0.25) is 0 Å². The molecule has 0 amide bonds. The van der Waals surface area contributed by atoms with Gasteiger partial charge in [-0.2, -0.15) is 18.2 Å². The fourth-order valence-corrected chi connectivity index (χ4v) is 2.37. The van der Waals surface area contributed by atoms with Gasteiger partial charge in [0.25, 0.3) is 0 Å². The molecule has 1 heteroatoms. The average Bonchev–Trinajstić information content (AvgIpc) is 3.13. The molecule has 0 fully saturated rings. The van der Waals surface area contributed by atoms with Crippen molar-refractivity contribution in [2.75, 3.05) is 0 Å². The fourth-order valence-electron chi connectivity index (χ4n) is 2.37. The van der Waals surface area contributed by atoms with Gasteiger partial charge in [-0.1, -0.05) is 43.3 Å². The standard InChI is InChI=1S/C13H9.C6H7.C3H6.Hf/c1-3-7-12-10(5-1)9-11-6-2-4-8-13(11)12;1-6-4-2-3-5-6;1-3-2;/h1-9H;2-5H,1H3;1-2H3;/q2*-1;;+2. The zero-order valence-corrected chi connectivity index (χ0v) is 17.6. The van der Waals surface area contributed by atoms with Crippen LogP contribution in [0.25, 0.3) is 21.5 Å². The van der Waals surface area contributed by atoms with Crippen molar-refractivity contribution in [3.8, 4) is 0 Å². The van der Waals surface area contributed by atoms with Gasteiger partial charge in [-0.05, 0) is 0 Å². The Kier molecular flexibility index (Phi) is 6.85. The predicted octanol–water partition coefficient (Wildman–Crippen LogP) is 6.17. The van der Waals surface area contributed by atoms with Crippen molar-refractivity contribution in [1.29, 1.82) is 0 Å². The molecule has 0 bridgehead atoms. The molecule has 0 heterocycles. The molecule has 4 aromatic carbocycles. The second-order valence-corrected chi connectivity index (χ2v) is 9.37. The molecule has 0 aliphatic rings. The third kappa shape index (κ3) is 5.51. The van der Waals surface area contributed by atoms with E-state index in [1.54, 1.807) is 3.26 Å². The zero-order valence-electron chi connectivity index (χ0n) is 14.0. The van der Waals surface area contributed by atoms with Crippen LogP contribution < -0.4 is 0 Å². The summed E-state index contributed by atoms with van der Waals surface area (Å²) in [6, 6.07) is 27.5. The maximum atomic E-state index is 2.24. The van der Waals surface area contributed by atoms with Gasteiger partial charge in [0, 0.05) is 0 Å². The van der Waals surface area contributed by atoms with Crippen LogP contribution in [0.5, 0.6) is 0 Å². The van der Waals surface area contributed by atoms with E-state index in [0.717, 1.165) is 0 Å². The van der Waals surface area contributed by atoms with Crippen LogP contribution in [0.3, 0.4) is 0 Å². The Morgan fingerprint density at radius 1 is 0.826 bits per heavy atom. The van der Waals surface area contributed by atoms with Crippen LogP contribution in [0.15, 0.2) is 78.9 Å². The number of hydrogen-bond donors (Lipinski definition) is 0. The molecular formula is C22H22Hf. The largest absolute Gasteiger partial charge is 0.211 e. The second kappa shape index (κ2) is 8.88. The van der Waals surface area contributed by atoms with Crippen molar-refractivity contribution < 1.29 is 23.9 Å². The third-order valence-electron chi connectivity index (χ3n) is 3.35. The number of aryl methyl sites for hydroxylation is 1. The summed E-state index contributed by atoms with van der Waals surface area (Å²) in [7, 11) is 0. The summed E-state index contributed by atoms with van der Waals surface area (Å²) in [4.78, 5) is 0. The summed E-state index contributed by atoms with van der Waals surface area (Å²) in [6.45, 7) is 6.37. The van der Waals surface area contributed by atoms with Crippen LogP contribution in [-0.2, 0) is 23.9 Å². The van der Waals surface area contributed by atoms with E-state index < -0.39 is 0 Å². The van der Waals surface area contributed by atoms with Crippen molar-refractivity contribution in [1.82, 2.24) is 0 Å². The summed E-state index contributed by atoms with van der Waals surface area (Å²) < 4.78 is 1.56. The maximum absolute atomic E-state index is 2.24. The number of rotatable bonds is 0. The van der Waals surface area contributed by atoms with Crippen molar-refractivity contribution in [2.24, 2.45) is 0 Å². The van der Waals surface area contributed by atoms with Gasteiger partial charge in [0.15, 0.2) is 0 Å². The van der Waals surface area contributed by atoms with Gasteiger partial charge in [0.1, 0.15) is 0 Å². The molecule has 0 aromatic heterocycles. The summed E-state index contributed by atoms with van der Waals surface area (Å²) in [6.07, 6.45) is 0. The van der Waals surface area contributed by atoms with Gasteiger partial charge in [-0.25, -0.2) is 11.6 Å². The van der Waals surface area contributed by atoms with E-state index in [-0.39, 0.29) is 0 Å². The minimum atomic E-state index is 1.27. The molecule has 4 aromatic rings. The van der Waals surface area contributed by atoms with Crippen molar-refractivity contribution in [3.05, 3.63) is 84.4 Å². The maximum Gasteiger partial charge on any atom is -0.0771 e. The monoisotopic (exact) mass is 466 g/mol. The van der Waals surface area contributed by atoms with Gasteiger partial charge in [-0.15, -0.1) is 39.7 Å². The van der Waals surface area contributed by atoms with E-state index in [4.69, 9.17) is 0 Å². The molecule has 0 aliphatic carbocycles. The van der Waals surface area contributed by atoms with E-state index in [9.17, 15) is 0 Å². The summed E-state index contributed by atoms with van der Waals surface area (Å²) in [5, 5.41) is 5.39. The minimum absolute atomic E-state index is 1.27. The van der Waals surface area contributed by atoms with Crippen LogP contribution in [-0.4, -0.2) is 3.26 Å². The molecule has 4 rings (SSSR count). The van der Waals surface area contributed by atoms with Gasteiger partial charge in [0.2, 0.25) is 0 Å². The van der Waals surface area contributed by atoms with Crippen molar-refractivity contribution >= 4 is 24.8 Å². The van der Waals surface area contributed by atoms with Crippen LogP contribution in [0.2, 0.25) is 0 Å². The Morgan fingerprint density at radius 3 is 1.65 bits per heavy atom. The van der Waals surface area contributed by atoms with E-state index >= 15 is 0 Å². The van der Waals surface area contributed by atoms with Crippen LogP contribution in [0.1, 0.15) is 19.4 Å². The first-order valence-corrected chi connectivity index (χ1v) is 9.61. The van der Waals surface area contributed by atoms with Gasteiger partial charge < -0.3 is 0 Å². The zero-order chi connectivity index (χ0) is 16.7. The average molecular weight is 465 g/mol. The summed E-state index contributed by atoms with van der Waals surface area (Å²) in [5.74, 6) is 0. The molecule has 0 unspecified atom stereocenters. The minimum Gasteiger partial charge on any atom is -0.211 e. The third-order valence-corrected chi connectivity index (χ3v) is 3.35. The summed E-state index contributed by atoms with van der Waals surface area (Å²) >= 11 is 1.27. The van der Waals surface area contributed by atoms with Crippen molar-refractivity contribution in [3.63, 3.8) is 0 Å². The van der Waals surface area contributed by atoms with Crippen LogP contribution in [0, 0.1) is 6.92 Å². The van der Waals surface area contributed by atoms with Crippen LogP contribution in [0.4, 0.5) is 0 Å². The smallest absolute Gasteiger partial charge is 0.0771 e. The molecule has 0 saturated carbocycles. The topological polar surface area (TPSA) is 0 Å². The van der Waals surface area contributed by atoms with Gasteiger partial charge >= 0.3 is 41.0 Å². The first-order chi connectivity index (χ1) is 11.1. The molecule has 0 saturated heterocycles. The number of hydrogen-bond acceptors (Lipinski definition) is 0. The number of benzene rings is 2. The Bertz CT molecular complexity index is 809. The Balaban J connectivity index is 0.000000161. The SMILES string of the molecule is C[C](C)=[Hf+2].Cc1cc[cH-]c1.c1ccc2c(c1)[cH-]c1ccccc12. The fraction of sp³-hybridized carbons (Fsp3) is 0.136. The molecule has 0 nitrogen and oxygen atoms in total. The Hall–Kier alpha value is -1.60. The molecule has 0 radical (unpaired) electrons. The Labute approximate surface area is 153 Å². The van der Waals surface area contributed by atoms with Crippen molar-refractivity contribution in [2.45, 2.75) is 20.8 Å².